The van der Waals surface area contributed by atoms with E-state index in [9.17, 15) is 9.59 Å². The molecular weight excluding hydrogens is 368 g/mol. The zero-order chi connectivity index (χ0) is 20.4. The van der Waals surface area contributed by atoms with Gasteiger partial charge in [-0.25, -0.2) is 0 Å². The van der Waals surface area contributed by atoms with E-state index in [1.165, 1.54) is 11.8 Å². The first-order valence-electron chi connectivity index (χ1n) is 9.82. The molecule has 5 heteroatoms. The monoisotopic (exact) mass is 398 g/mol. The number of benzene rings is 2. The molecule has 0 saturated heterocycles. The van der Waals surface area contributed by atoms with E-state index in [-0.39, 0.29) is 11.8 Å². The molecular formula is C23H30N2O2S. The SMILES string of the molecule is CCCCNC(=O)[C@H](C)N(Cc1ccccc1C)C(=O)CSc1ccccc1. The van der Waals surface area contributed by atoms with Gasteiger partial charge < -0.3 is 10.2 Å². The van der Waals surface area contributed by atoms with Gasteiger partial charge in [0.1, 0.15) is 6.04 Å². The molecule has 0 fully saturated rings. The molecule has 0 bridgehead atoms. The first-order chi connectivity index (χ1) is 13.5. The van der Waals surface area contributed by atoms with Crippen molar-refractivity contribution in [2.45, 2.75) is 51.1 Å². The van der Waals surface area contributed by atoms with E-state index in [4.69, 9.17) is 0 Å². The minimum absolute atomic E-state index is 0.0322. The van der Waals surface area contributed by atoms with Crippen molar-refractivity contribution in [2.24, 2.45) is 0 Å². The zero-order valence-electron chi connectivity index (χ0n) is 17.0. The van der Waals surface area contributed by atoms with E-state index in [0.717, 1.165) is 28.9 Å². The van der Waals surface area contributed by atoms with Gasteiger partial charge in [-0.2, -0.15) is 0 Å². The van der Waals surface area contributed by atoms with Crippen molar-refractivity contribution >= 4 is 23.6 Å². The Hall–Kier alpha value is -2.27. The molecule has 0 radical (unpaired) electrons. The number of hydrogen-bond acceptors (Lipinski definition) is 3. The lowest BCUT2D eigenvalue weighted by atomic mass is 10.1. The van der Waals surface area contributed by atoms with Crippen LogP contribution in [0.25, 0.3) is 0 Å². The predicted octanol–water partition coefficient (Wildman–Crippen LogP) is 4.42. The van der Waals surface area contributed by atoms with Crippen molar-refractivity contribution in [3.63, 3.8) is 0 Å². The fourth-order valence-corrected chi connectivity index (χ4v) is 3.64. The van der Waals surface area contributed by atoms with Crippen molar-refractivity contribution < 1.29 is 9.59 Å². The van der Waals surface area contributed by atoms with Crippen LogP contribution in [0.1, 0.15) is 37.8 Å². The van der Waals surface area contributed by atoms with Crippen molar-refractivity contribution in [2.75, 3.05) is 12.3 Å². The highest BCUT2D eigenvalue weighted by Gasteiger charge is 2.26. The van der Waals surface area contributed by atoms with Gasteiger partial charge >= 0.3 is 0 Å². The topological polar surface area (TPSA) is 49.4 Å². The minimum Gasteiger partial charge on any atom is -0.354 e. The molecule has 0 aliphatic rings. The number of carbonyl (C=O) groups is 2. The average Bonchev–Trinajstić information content (AvgIpc) is 2.71. The Morgan fingerprint density at radius 1 is 1.07 bits per heavy atom. The number of thioether (sulfide) groups is 1. The second kappa shape index (κ2) is 11.5. The highest BCUT2D eigenvalue weighted by Crippen LogP contribution is 2.20. The lowest BCUT2D eigenvalue weighted by molar-refractivity contribution is -0.138. The summed E-state index contributed by atoms with van der Waals surface area (Å²) in [7, 11) is 0. The number of hydrogen-bond donors (Lipinski definition) is 1. The lowest BCUT2D eigenvalue weighted by Crippen LogP contribution is -2.48. The smallest absolute Gasteiger partial charge is 0.242 e. The summed E-state index contributed by atoms with van der Waals surface area (Å²) in [6.45, 7) is 7.01. The standard InChI is InChI=1S/C23H30N2O2S/c1-4-5-15-24-23(27)19(3)25(16-20-12-10-9-11-18(20)2)22(26)17-28-21-13-7-6-8-14-21/h6-14,19H,4-5,15-17H2,1-3H3,(H,24,27)/t19-/m0/s1. The van der Waals surface area contributed by atoms with Crippen LogP contribution in [-0.4, -0.2) is 35.1 Å². The Labute approximate surface area is 172 Å². The van der Waals surface area contributed by atoms with Crippen LogP contribution in [0.2, 0.25) is 0 Å². The van der Waals surface area contributed by atoms with Gasteiger partial charge in [0.25, 0.3) is 0 Å². The van der Waals surface area contributed by atoms with Gasteiger partial charge in [0, 0.05) is 18.0 Å². The molecule has 0 spiro atoms. The third-order valence-corrected chi connectivity index (χ3v) is 5.70. The lowest BCUT2D eigenvalue weighted by Gasteiger charge is -2.29. The molecule has 28 heavy (non-hydrogen) atoms. The Morgan fingerprint density at radius 2 is 1.75 bits per heavy atom. The van der Waals surface area contributed by atoms with E-state index in [1.54, 1.807) is 4.90 Å². The number of nitrogens with one attached hydrogen (secondary N) is 1. The third kappa shape index (κ3) is 6.71. The van der Waals surface area contributed by atoms with Crippen LogP contribution in [0.5, 0.6) is 0 Å². The maximum Gasteiger partial charge on any atom is 0.242 e. The number of aryl methyl sites for hydroxylation is 1. The summed E-state index contributed by atoms with van der Waals surface area (Å²) in [5.41, 5.74) is 2.18. The molecule has 150 valence electrons. The van der Waals surface area contributed by atoms with Gasteiger partial charge in [0.05, 0.1) is 5.75 Å². The summed E-state index contributed by atoms with van der Waals surface area (Å²) >= 11 is 1.50. The molecule has 0 aliphatic carbocycles. The van der Waals surface area contributed by atoms with Gasteiger partial charge in [-0.3, -0.25) is 9.59 Å². The molecule has 2 aromatic carbocycles. The normalized spacial score (nSPS) is 11.7. The van der Waals surface area contributed by atoms with Crippen molar-refractivity contribution in [1.29, 1.82) is 0 Å². The van der Waals surface area contributed by atoms with Crippen LogP contribution in [0, 0.1) is 6.92 Å². The second-order valence-electron chi connectivity index (χ2n) is 6.87. The van der Waals surface area contributed by atoms with Gasteiger partial charge in [-0.05, 0) is 43.5 Å². The maximum absolute atomic E-state index is 13.0. The fraction of sp³-hybridized carbons (Fsp3) is 0.391. The Kier molecular flexibility index (Phi) is 9.08. The van der Waals surface area contributed by atoms with E-state index in [2.05, 4.69) is 12.2 Å². The summed E-state index contributed by atoms with van der Waals surface area (Å²) in [4.78, 5) is 28.4. The first kappa shape index (κ1) is 22.0. The molecule has 2 aromatic rings. The highest BCUT2D eigenvalue weighted by atomic mass is 32.2. The predicted molar refractivity (Wildman–Crippen MR) is 116 cm³/mol. The molecule has 4 nitrogen and oxygen atoms in total. The van der Waals surface area contributed by atoms with E-state index < -0.39 is 6.04 Å². The van der Waals surface area contributed by atoms with Crippen LogP contribution >= 0.6 is 11.8 Å². The van der Waals surface area contributed by atoms with Gasteiger partial charge in [0.15, 0.2) is 0 Å². The summed E-state index contributed by atoms with van der Waals surface area (Å²) in [6.07, 6.45) is 1.96. The van der Waals surface area contributed by atoms with Gasteiger partial charge in [-0.15, -0.1) is 11.8 Å². The summed E-state index contributed by atoms with van der Waals surface area (Å²) in [6, 6.07) is 17.3. The third-order valence-electron chi connectivity index (χ3n) is 4.70. The van der Waals surface area contributed by atoms with Crippen LogP contribution in [0.3, 0.4) is 0 Å². The van der Waals surface area contributed by atoms with Crippen LogP contribution in [-0.2, 0) is 16.1 Å². The number of amides is 2. The number of carbonyl (C=O) groups excluding carboxylic acids is 2. The summed E-state index contributed by atoms with van der Waals surface area (Å²) in [5.74, 6) is 0.179. The molecule has 2 rings (SSSR count). The van der Waals surface area contributed by atoms with Crippen LogP contribution in [0.4, 0.5) is 0 Å². The molecule has 1 atom stereocenters. The molecule has 0 heterocycles. The first-order valence-corrected chi connectivity index (χ1v) is 10.8. The molecule has 0 aromatic heterocycles. The minimum atomic E-state index is -0.514. The Morgan fingerprint density at radius 3 is 2.43 bits per heavy atom. The summed E-state index contributed by atoms with van der Waals surface area (Å²) < 4.78 is 0. The molecule has 0 unspecified atom stereocenters. The van der Waals surface area contributed by atoms with E-state index in [0.29, 0.717) is 18.8 Å². The zero-order valence-corrected chi connectivity index (χ0v) is 17.8. The number of unbranched alkanes of at least 4 members (excludes halogenated alkanes) is 1. The maximum atomic E-state index is 13.0. The van der Waals surface area contributed by atoms with Gasteiger partial charge in [-0.1, -0.05) is 55.8 Å². The molecule has 0 aliphatic heterocycles. The van der Waals surface area contributed by atoms with E-state index in [1.807, 2.05) is 68.4 Å². The number of nitrogens with zero attached hydrogens (tertiary/aromatic N) is 1. The highest BCUT2D eigenvalue weighted by molar-refractivity contribution is 8.00. The van der Waals surface area contributed by atoms with Crippen LogP contribution < -0.4 is 5.32 Å². The molecule has 1 N–H and O–H groups in total. The second-order valence-corrected chi connectivity index (χ2v) is 7.92. The van der Waals surface area contributed by atoms with Crippen molar-refractivity contribution in [1.82, 2.24) is 10.2 Å². The number of rotatable bonds is 10. The quantitative estimate of drug-likeness (QED) is 0.476. The van der Waals surface area contributed by atoms with Crippen molar-refractivity contribution in [3.8, 4) is 0 Å². The van der Waals surface area contributed by atoms with Gasteiger partial charge in [0.2, 0.25) is 11.8 Å². The molecule has 0 saturated carbocycles. The summed E-state index contributed by atoms with van der Waals surface area (Å²) in [5, 5.41) is 2.95. The Balaban J connectivity index is 2.11. The molecule has 2 amide bonds. The Bertz CT molecular complexity index is 764. The van der Waals surface area contributed by atoms with Crippen molar-refractivity contribution in [3.05, 3.63) is 65.7 Å². The largest absolute Gasteiger partial charge is 0.354 e. The van der Waals surface area contributed by atoms with Crippen LogP contribution in [0.15, 0.2) is 59.5 Å². The van der Waals surface area contributed by atoms with E-state index >= 15 is 0 Å². The average molecular weight is 399 g/mol. The fourth-order valence-electron chi connectivity index (χ4n) is 2.83.